The molecule has 27 heavy (non-hydrogen) atoms. The number of sulfonamides is 1. The molecule has 2 aromatic rings. The predicted octanol–water partition coefficient (Wildman–Crippen LogP) is 3.05. The van der Waals surface area contributed by atoms with Crippen molar-refractivity contribution < 1.29 is 13.2 Å². The number of ether oxygens (including phenoxy) is 1. The molecule has 0 bridgehead atoms. The molecule has 144 valence electrons. The van der Waals surface area contributed by atoms with Crippen LogP contribution in [0.3, 0.4) is 0 Å². The normalized spacial score (nSPS) is 15.4. The van der Waals surface area contributed by atoms with E-state index in [1.807, 2.05) is 29.2 Å². The fourth-order valence-electron chi connectivity index (χ4n) is 2.76. The van der Waals surface area contributed by atoms with Gasteiger partial charge < -0.3 is 15.0 Å². The maximum absolute atomic E-state index is 12.7. The Hall–Kier alpha value is -1.87. The van der Waals surface area contributed by atoms with Gasteiger partial charge in [0, 0.05) is 36.9 Å². The summed E-state index contributed by atoms with van der Waals surface area (Å²) in [6, 6.07) is 13.7. The van der Waals surface area contributed by atoms with Gasteiger partial charge in [-0.3, -0.25) is 0 Å². The Morgan fingerprint density at radius 1 is 1.04 bits per heavy atom. The molecule has 1 heterocycles. The molecule has 1 aliphatic rings. The van der Waals surface area contributed by atoms with Crippen LogP contribution in [0.1, 0.15) is 0 Å². The maximum Gasteiger partial charge on any atom is 0.243 e. The number of halogens is 1. The Labute approximate surface area is 169 Å². The molecule has 2 aromatic carbocycles. The standard InChI is InChI=1S/C18H20ClN3O3S2/c1-25-16-6-4-15(5-7-16)20-18(26)21-10-12-22(13-11-21)27(23,24)17-8-2-14(19)3-9-17/h2-9H,10-13H2,1H3,(H,20,26). The number of methoxy groups -OCH3 is 1. The number of hydrogen-bond donors (Lipinski definition) is 1. The van der Waals surface area contributed by atoms with Gasteiger partial charge in [0.1, 0.15) is 5.75 Å². The van der Waals surface area contributed by atoms with Crippen LogP contribution >= 0.6 is 23.8 Å². The van der Waals surface area contributed by atoms with Crippen LogP contribution in [0.25, 0.3) is 0 Å². The lowest BCUT2D eigenvalue weighted by molar-refractivity contribution is 0.268. The summed E-state index contributed by atoms with van der Waals surface area (Å²) in [7, 11) is -1.91. The summed E-state index contributed by atoms with van der Waals surface area (Å²) in [5, 5.41) is 4.25. The van der Waals surface area contributed by atoms with Crippen LogP contribution in [0.4, 0.5) is 5.69 Å². The minimum atomic E-state index is -3.52. The Morgan fingerprint density at radius 3 is 2.19 bits per heavy atom. The van der Waals surface area contributed by atoms with E-state index in [2.05, 4.69) is 5.32 Å². The van der Waals surface area contributed by atoms with Crippen molar-refractivity contribution in [2.24, 2.45) is 0 Å². The first-order valence-corrected chi connectivity index (χ1v) is 10.6. The zero-order chi connectivity index (χ0) is 19.4. The zero-order valence-corrected chi connectivity index (χ0v) is 17.1. The third-order valence-corrected chi connectivity index (χ3v) is 6.84. The average molecular weight is 426 g/mol. The topological polar surface area (TPSA) is 61.9 Å². The Balaban J connectivity index is 1.59. The quantitative estimate of drug-likeness (QED) is 0.759. The summed E-state index contributed by atoms with van der Waals surface area (Å²) in [5.74, 6) is 0.771. The van der Waals surface area contributed by atoms with Crippen molar-refractivity contribution in [2.75, 3.05) is 38.6 Å². The summed E-state index contributed by atoms with van der Waals surface area (Å²) in [6.07, 6.45) is 0. The molecule has 0 saturated carbocycles. The minimum absolute atomic E-state index is 0.249. The second kappa shape index (κ2) is 8.43. The summed E-state index contributed by atoms with van der Waals surface area (Å²) < 4.78 is 32.1. The zero-order valence-electron chi connectivity index (χ0n) is 14.8. The highest BCUT2D eigenvalue weighted by atomic mass is 35.5. The molecule has 1 saturated heterocycles. The second-order valence-electron chi connectivity index (χ2n) is 6.00. The molecule has 0 spiro atoms. The van der Waals surface area contributed by atoms with Crippen molar-refractivity contribution in [1.82, 2.24) is 9.21 Å². The summed E-state index contributed by atoms with van der Waals surface area (Å²) >= 11 is 11.3. The van der Waals surface area contributed by atoms with E-state index in [0.717, 1.165) is 11.4 Å². The lowest BCUT2D eigenvalue weighted by Crippen LogP contribution is -2.51. The molecule has 0 radical (unpaired) electrons. The second-order valence-corrected chi connectivity index (χ2v) is 8.76. The van der Waals surface area contributed by atoms with Crippen molar-refractivity contribution in [2.45, 2.75) is 4.90 Å². The molecular formula is C18H20ClN3O3S2. The van der Waals surface area contributed by atoms with Gasteiger partial charge in [-0.05, 0) is 60.7 Å². The lowest BCUT2D eigenvalue weighted by atomic mass is 10.3. The van der Waals surface area contributed by atoms with E-state index in [-0.39, 0.29) is 4.90 Å². The van der Waals surface area contributed by atoms with Gasteiger partial charge in [0.15, 0.2) is 5.11 Å². The van der Waals surface area contributed by atoms with Gasteiger partial charge in [0.2, 0.25) is 10.0 Å². The van der Waals surface area contributed by atoms with E-state index < -0.39 is 10.0 Å². The van der Waals surface area contributed by atoms with Crippen LogP contribution < -0.4 is 10.1 Å². The highest BCUT2D eigenvalue weighted by Crippen LogP contribution is 2.20. The van der Waals surface area contributed by atoms with E-state index in [1.165, 1.54) is 16.4 Å². The van der Waals surface area contributed by atoms with E-state index in [1.54, 1.807) is 19.2 Å². The van der Waals surface area contributed by atoms with E-state index in [0.29, 0.717) is 36.3 Å². The highest BCUT2D eigenvalue weighted by Gasteiger charge is 2.29. The first-order valence-electron chi connectivity index (χ1n) is 8.36. The smallest absolute Gasteiger partial charge is 0.243 e. The largest absolute Gasteiger partial charge is 0.497 e. The number of benzene rings is 2. The fourth-order valence-corrected chi connectivity index (χ4v) is 4.61. The Bertz CT molecular complexity index is 894. The number of nitrogens with one attached hydrogen (secondary N) is 1. The number of nitrogens with zero attached hydrogens (tertiary/aromatic N) is 2. The van der Waals surface area contributed by atoms with Gasteiger partial charge in [-0.1, -0.05) is 11.6 Å². The monoisotopic (exact) mass is 425 g/mol. The van der Waals surface area contributed by atoms with E-state index in [9.17, 15) is 8.42 Å². The molecule has 9 heteroatoms. The van der Waals surface area contributed by atoms with Crippen LogP contribution in [-0.4, -0.2) is 56.0 Å². The Morgan fingerprint density at radius 2 is 1.63 bits per heavy atom. The van der Waals surface area contributed by atoms with Crippen LogP contribution in [0.15, 0.2) is 53.4 Å². The van der Waals surface area contributed by atoms with Gasteiger partial charge in [0.25, 0.3) is 0 Å². The molecule has 1 aliphatic heterocycles. The average Bonchev–Trinajstić information content (AvgIpc) is 2.69. The SMILES string of the molecule is COc1ccc(NC(=S)N2CCN(S(=O)(=O)c3ccc(Cl)cc3)CC2)cc1. The molecule has 6 nitrogen and oxygen atoms in total. The van der Waals surface area contributed by atoms with Crippen molar-refractivity contribution in [3.8, 4) is 5.75 Å². The van der Waals surface area contributed by atoms with Crippen molar-refractivity contribution in [3.63, 3.8) is 0 Å². The number of hydrogen-bond acceptors (Lipinski definition) is 4. The summed E-state index contributed by atoms with van der Waals surface area (Å²) in [5.41, 5.74) is 0.858. The van der Waals surface area contributed by atoms with E-state index in [4.69, 9.17) is 28.6 Å². The molecule has 0 amide bonds. The van der Waals surface area contributed by atoms with Crippen LogP contribution in [0.5, 0.6) is 5.75 Å². The first kappa shape index (κ1) is 19.9. The molecule has 0 aliphatic carbocycles. The van der Waals surface area contributed by atoms with Gasteiger partial charge in [-0.15, -0.1) is 0 Å². The first-order chi connectivity index (χ1) is 12.9. The van der Waals surface area contributed by atoms with Gasteiger partial charge in [-0.2, -0.15) is 4.31 Å². The van der Waals surface area contributed by atoms with Crippen LogP contribution in [0.2, 0.25) is 5.02 Å². The minimum Gasteiger partial charge on any atom is -0.497 e. The third-order valence-electron chi connectivity index (χ3n) is 4.32. The summed E-state index contributed by atoms with van der Waals surface area (Å²) in [4.78, 5) is 2.22. The van der Waals surface area contributed by atoms with Crippen LogP contribution in [-0.2, 0) is 10.0 Å². The predicted molar refractivity (Wildman–Crippen MR) is 111 cm³/mol. The van der Waals surface area contributed by atoms with Crippen LogP contribution in [0, 0.1) is 0 Å². The maximum atomic E-state index is 12.7. The fraction of sp³-hybridized carbons (Fsp3) is 0.278. The van der Waals surface area contributed by atoms with Crippen molar-refractivity contribution in [3.05, 3.63) is 53.6 Å². The molecule has 3 rings (SSSR count). The number of anilines is 1. The third kappa shape index (κ3) is 4.70. The lowest BCUT2D eigenvalue weighted by Gasteiger charge is -2.35. The van der Waals surface area contributed by atoms with Crippen molar-refractivity contribution in [1.29, 1.82) is 0 Å². The van der Waals surface area contributed by atoms with Gasteiger partial charge in [-0.25, -0.2) is 8.42 Å². The van der Waals surface area contributed by atoms with Gasteiger partial charge >= 0.3 is 0 Å². The number of thiocarbonyl (C=S) groups is 1. The molecule has 0 atom stereocenters. The molecular weight excluding hydrogens is 406 g/mol. The number of piperazine rings is 1. The molecule has 0 aromatic heterocycles. The molecule has 1 fully saturated rings. The molecule has 1 N–H and O–H groups in total. The highest BCUT2D eigenvalue weighted by molar-refractivity contribution is 7.89. The number of rotatable bonds is 4. The van der Waals surface area contributed by atoms with Gasteiger partial charge in [0.05, 0.1) is 12.0 Å². The molecule has 0 unspecified atom stereocenters. The van der Waals surface area contributed by atoms with Crippen molar-refractivity contribution >= 4 is 44.6 Å². The Kier molecular flexibility index (Phi) is 6.21. The van der Waals surface area contributed by atoms with E-state index >= 15 is 0 Å². The summed E-state index contributed by atoms with van der Waals surface area (Å²) in [6.45, 7) is 1.79.